The summed E-state index contributed by atoms with van der Waals surface area (Å²) in [5.41, 5.74) is 6.77. The van der Waals surface area contributed by atoms with Gasteiger partial charge in [0.1, 0.15) is 0 Å². The second-order valence-corrected chi connectivity index (χ2v) is 7.05. The number of rotatable bonds is 4. The number of benzene rings is 1. The molecule has 2 saturated heterocycles. The van der Waals surface area contributed by atoms with Crippen LogP contribution >= 0.6 is 0 Å². The van der Waals surface area contributed by atoms with Gasteiger partial charge in [0.25, 0.3) is 0 Å². The van der Waals surface area contributed by atoms with Gasteiger partial charge in [0.2, 0.25) is 0 Å². The van der Waals surface area contributed by atoms with Gasteiger partial charge in [0, 0.05) is 52.4 Å². The molecule has 138 valence electrons. The van der Waals surface area contributed by atoms with Crippen molar-refractivity contribution in [3.05, 3.63) is 35.9 Å². The van der Waals surface area contributed by atoms with E-state index < -0.39 is 0 Å². The Hall–Kier alpha value is -1.63. The van der Waals surface area contributed by atoms with Crippen molar-refractivity contribution in [1.82, 2.24) is 14.7 Å². The van der Waals surface area contributed by atoms with Crippen LogP contribution in [0.2, 0.25) is 0 Å². The lowest BCUT2D eigenvalue weighted by molar-refractivity contribution is 0.0268. The first-order chi connectivity index (χ1) is 12.2. The monoisotopic (exact) mass is 346 g/mol. The highest BCUT2D eigenvalue weighted by Crippen LogP contribution is 2.13. The Morgan fingerprint density at radius 1 is 1.04 bits per heavy atom. The number of carbonyl (C=O) groups is 1. The smallest absolute Gasteiger partial charge is 0.314 e. The third-order valence-electron chi connectivity index (χ3n) is 5.05. The summed E-state index contributed by atoms with van der Waals surface area (Å²) in [5.74, 6) is 0. The zero-order valence-corrected chi connectivity index (χ0v) is 15.0. The number of nitrogens with two attached hydrogens (primary N) is 1. The normalized spacial score (nSPS) is 23.8. The molecule has 2 amide bonds. The van der Waals surface area contributed by atoms with Crippen molar-refractivity contribution in [2.24, 2.45) is 5.73 Å². The van der Waals surface area contributed by atoms with Crippen LogP contribution in [0.4, 0.5) is 4.79 Å². The standard InChI is InChI=1S/C19H30N4O2/c20-19(24)23-10-4-8-21(11-12-23)15-18-16-22(9-5-13-25-18)14-17-6-2-1-3-7-17/h1-3,6-7,18H,4-5,8-16H2,(H2,20,24). The summed E-state index contributed by atoms with van der Waals surface area (Å²) in [6, 6.07) is 10.3. The van der Waals surface area contributed by atoms with E-state index in [0.717, 1.165) is 71.8 Å². The molecule has 0 aliphatic carbocycles. The summed E-state index contributed by atoms with van der Waals surface area (Å²) < 4.78 is 6.10. The van der Waals surface area contributed by atoms with Gasteiger partial charge in [-0.1, -0.05) is 30.3 Å². The van der Waals surface area contributed by atoms with Crippen molar-refractivity contribution < 1.29 is 9.53 Å². The molecule has 2 aliphatic rings. The summed E-state index contributed by atoms with van der Waals surface area (Å²) >= 11 is 0. The van der Waals surface area contributed by atoms with Crippen LogP contribution in [0.25, 0.3) is 0 Å². The van der Waals surface area contributed by atoms with Crippen molar-refractivity contribution in [2.45, 2.75) is 25.5 Å². The minimum Gasteiger partial charge on any atom is -0.376 e. The molecule has 0 spiro atoms. The predicted octanol–water partition coefficient (Wildman–Crippen LogP) is 1.36. The molecule has 2 N–H and O–H groups in total. The zero-order chi connectivity index (χ0) is 17.5. The van der Waals surface area contributed by atoms with Crippen LogP contribution in [-0.4, -0.2) is 79.3 Å². The Balaban J connectivity index is 1.51. The molecule has 6 heteroatoms. The first kappa shape index (κ1) is 18.2. The fraction of sp³-hybridized carbons (Fsp3) is 0.632. The number of hydrogen-bond donors (Lipinski definition) is 1. The topological polar surface area (TPSA) is 62.0 Å². The molecule has 1 unspecified atom stereocenters. The van der Waals surface area contributed by atoms with E-state index in [1.54, 1.807) is 4.90 Å². The molecule has 0 aromatic heterocycles. The molecule has 6 nitrogen and oxygen atoms in total. The molecule has 2 aliphatic heterocycles. The molecule has 0 radical (unpaired) electrons. The number of amides is 2. The third kappa shape index (κ3) is 5.70. The minimum atomic E-state index is -0.304. The van der Waals surface area contributed by atoms with Crippen molar-refractivity contribution in [3.63, 3.8) is 0 Å². The summed E-state index contributed by atoms with van der Waals surface area (Å²) in [7, 11) is 0. The van der Waals surface area contributed by atoms with Gasteiger partial charge in [-0.2, -0.15) is 0 Å². The number of urea groups is 1. The molecule has 0 bridgehead atoms. The Bertz CT molecular complexity index is 539. The molecule has 2 fully saturated rings. The lowest BCUT2D eigenvalue weighted by Gasteiger charge is -2.28. The predicted molar refractivity (Wildman–Crippen MR) is 98.3 cm³/mol. The average molecular weight is 346 g/mol. The quantitative estimate of drug-likeness (QED) is 0.894. The minimum absolute atomic E-state index is 0.228. The number of hydrogen-bond acceptors (Lipinski definition) is 4. The fourth-order valence-corrected chi connectivity index (χ4v) is 3.73. The SMILES string of the molecule is NC(=O)N1CCCN(CC2CN(Cc3ccccc3)CCCO2)CC1. The lowest BCUT2D eigenvalue weighted by atomic mass is 10.2. The highest BCUT2D eigenvalue weighted by molar-refractivity contribution is 5.71. The van der Waals surface area contributed by atoms with Gasteiger partial charge in [0.05, 0.1) is 6.10 Å². The van der Waals surface area contributed by atoms with E-state index in [2.05, 4.69) is 40.1 Å². The summed E-state index contributed by atoms with van der Waals surface area (Å²) in [4.78, 5) is 18.0. The maximum absolute atomic E-state index is 11.4. The molecular weight excluding hydrogens is 316 g/mol. The highest BCUT2D eigenvalue weighted by atomic mass is 16.5. The van der Waals surface area contributed by atoms with Crippen molar-refractivity contribution >= 4 is 6.03 Å². The van der Waals surface area contributed by atoms with Crippen LogP contribution in [-0.2, 0) is 11.3 Å². The van der Waals surface area contributed by atoms with Crippen LogP contribution in [0.15, 0.2) is 30.3 Å². The Labute approximate surface area is 150 Å². The van der Waals surface area contributed by atoms with Crippen molar-refractivity contribution in [3.8, 4) is 0 Å². The molecule has 3 rings (SSSR count). The first-order valence-corrected chi connectivity index (χ1v) is 9.35. The van der Waals surface area contributed by atoms with Crippen molar-refractivity contribution in [2.75, 3.05) is 52.4 Å². The Kier molecular flexibility index (Phi) is 6.67. The van der Waals surface area contributed by atoms with E-state index in [4.69, 9.17) is 10.5 Å². The molecule has 1 aromatic carbocycles. The van der Waals surface area contributed by atoms with Crippen LogP contribution in [0.5, 0.6) is 0 Å². The number of carbonyl (C=O) groups excluding carboxylic acids is 1. The van der Waals surface area contributed by atoms with Crippen LogP contribution in [0, 0.1) is 0 Å². The maximum atomic E-state index is 11.4. The van der Waals surface area contributed by atoms with Gasteiger partial charge in [-0.3, -0.25) is 9.80 Å². The summed E-state index contributed by atoms with van der Waals surface area (Å²) in [5, 5.41) is 0. The van der Waals surface area contributed by atoms with Crippen LogP contribution < -0.4 is 5.73 Å². The molecule has 1 atom stereocenters. The Morgan fingerprint density at radius 2 is 1.84 bits per heavy atom. The van der Waals surface area contributed by atoms with Gasteiger partial charge >= 0.3 is 6.03 Å². The van der Waals surface area contributed by atoms with E-state index in [-0.39, 0.29) is 12.1 Å². The summed E-state index contributed by atoms with van der Waals surface area (Å²) in [6.07, 6.45) is 2.29. The van der Waals surface area contributed by atoms with Crippen LogP contribution in [0.1, 0.15) is 18.4 Å². The van der Waals surface area contributed by atoms with Gasteiger partial charge in [0.15, 0.2) is 0 Å². The summed E-state index contributed by atoms with van der Waals surface area (Å²) in [6.45, 7) is 8.15. The number of ether oxygens (including phenoxy) is 1. The average Bonchev–Trinajstić information content (AvgIpc) is 2.97. The highest BCUT2D eigenvalue weighted by Gasteiger charge is 2.23. The van der Waals surface area contributed by atoms with E-state index >= 15 is 0 Å². The van der Waals surface area contributed by atoms with E-state index in [1.165, 1.54) is 5.56 Å². The largest absolute Gasteiger partial charge is 0.376 e. The molecule has 25 heavy (non-hydrogen) atoms. The fourth-order valence-electron chi connectivity index (χ4n) is 3.73. The molecule has 2 heterocycles. The number of nitrogens with zero attached hydrogens (tertiary/aromatic N) is 3. The molecule has 0 saturated carbocycles. The number of primary amides is 1. The molecule has 1 aromatic rings. The Morgan fingerprint density at radius 3 is 2.64 bits per heavy atom. The third-order valence-corrected chi connectivity index (χ3v) is 5.05. The molecular formula is C19H30N4O2. The van der Waals surface area contributed by atoms with E-state index in [9.17, 15) is 4.79 Å². The van der Waals surface area contributed by atoms with Crippen molar-refractivity contribution in [1.29, 1.82) is 0 Å². The second-order valence-electron chi connectivity index (χ2n) is 7.05. The first-order valence-electron chi connectivity index (χ1n) is 9.35. The second kappa shape index (κ2) is 9.17. The van der Waals surface area contributed by atoms with Crippen LogP contribution in [0.3, 0.4) is 0 Å². The zero-order valence-electron chi connectivity index (χ0n) is 15.0. The van der Waals surface area contributed by atoms with E-state index in [0.29, 0.717) is 0 Å². The van der Waals surface area contributed by atoms with Gasteiger partial charge in [-0.15, -0.1) is 0 Å². The van der Waals surface area contributed by atoms with Gasteiger partial charge in [-0.05, 0) is 24.9 Å². The maximum Gasteiger partial charge on any atom is 0.314 e. The van der Waals surface area contributed by atoms with Gasteiger partial charge < -0.3 is 15.4 Å². The van der Waals surface area contributed by atoms with Gasteiger partial charge in [-0.25, -0.2) is 4.79 Å². The van der Waals surface area contributed by atoms with E-state index in [1.807, 2.05) is 0 Å². The lowest BCUT2D eigenvalue weighted by Crippen LogP contribution is -2.42.